The number of pyridine rings is 1. The van der Waals surface area contributed by atoms with E-state index >= 15 is 0 Å². The third kappa shape index (κ3) is 5.78. The molecule has 6 aromatic rings. The number of para-hydroxylation sites is 2. The average molecular weight is 727 g/mol. The van der Waals surface area contributed by atoms with Crippen LogP contribution in [0.15, 0.2) is 78.9 Å². The number of hydrogen-bond donors (Lipinski definition) is 3. The van der Waals surface area contributed by atoms with E-state index in [1.807, 2.05) is 59.5 Å². The van der Waals surface area contributed by atoms with Crippen molar-refractivity contribution >= 4 is 45.5 Å². The van der Waals surface area contributed by atoms with Crippen LogP contribution in [0, 0.1) is 11.2 Å². The fourth-order valence-corrected chi connectivity index (χ4v) is 9.79. The zero-order valence-corrected chi connectivity index (χ0v) is 30.0. The number of anilines is 3. The van der Waals surface area contributed by atoms with Crippen LogP contribution in [-0.2, 0) is 24.0 Å². The predicted molar refractivity (Wildman–Crippen MR) is 206 cm³/mol. The number of hydrogen-bond acceptors (Lipinski definition) is 8. The molecule has 1 aliphatic carbocycles. The molecule has 268 valence electrons. The van der Waals surface area contributed by atoms with Crippen LogP contribution in [-0.4, -0.2) is 58.8 Å². The van der Waals surface area contributed by atoms with E-state index in [0.717, 1.165) is 113 Å². The Kier molecular flexibility index (Phi) is 7.85. The number of halogens is 1. The van der Waals surface area contributed by atoms with E-state index < -0.39 is 6.23 Å². The molecule has 1 amide bonds. The highest BCUT2D eigenvalue weighted by atomic mass is 32.1. The van der Waals surface area contributed by atoms with Gasteiger partial charge in [0.05, 0.1) is 27.2 Å². The second-order valence-corrected chi connectivity index (χ2v) is 16.0. The largest absolute Gasteiger partial charge is 0.381 e. The molecule has 53 heavy (non-hydrogen) atoms. The van der Waals surface area contributed by atoms with Crippen LogP contribution < -0.4 is 15.1 Å². The molecule has 11 heteroatoms. The van der Waals surface area contributed by atoms with Gasteiger partial charge in [0.2, 0.25) is 0 Å². The van der Waals surface area contributed by atoms with Crippen molar-refractivity contribution in [3.05, 3.63) is 113 Å². The van der Waals surface area contributed by atoms with Gasteiger partial charge in [-0.05, 0) is 104 Å². The number of nitrogens with one attached hydrogen (secondary N) is 2. The van der Waals surface area contributed by atoms with Gasteiger partial charge in [0.25, 0.3) is 5.91 Å². The Morgan fingerprint density at radius 3 is 2.62 bits per heavy atom. The van der Waals surface area contributed by atoms with Crippen molar-refractivity contribution in [1.82, 2.24) is 15.0 Å². The third-order valence-corrected chi connectivity index (χ3v) is 12.7. The Balaban J connectivity index is 0.888. The first-order chi connectivity index (χ1) is 25.9. The number of aromatic amines is 1. The van der Waals surface area contributed by atoms with Crippen molar-refractivity contribution in [2.75, 3.05) is 48.0 Å². The molecule has 0 radical (unpaired) electrons. The summed E-state index contributed by atoms with van der Waals surface area (Å²) in [5.74, 6) is 1.04. The molecule has 6 heterocycles. The molecule has 0 bridgehead atoms. The van der Waals surface area contributed by atoms with Gasteiger partial charge in [-0.3, -0.25) is 4.79 Å². The number of rotatable bonds is 6. The maximum atomic E-state index is 14.8. The molecule has 3 aromatic carbocycles. The van der Waals surface area contributed by atoms with Crippen LogP contribution in [0.1, 0.15) is 58.2 Å². The summed E-state index contributed by atoms with van der Waals surface area (Å²) in [5.41, 5.74) is 8.94. The van der Waals surface area contributed by atoms with E-state index in [1.54, 1.807) is 17.4 Å². The Labute approximate surface area is 310 Å². The maximum Gasteiger partial charge on any atom is 0.259 e. The summed E-state index contributed by atoms with van der Waals surface area (Å²) in [4.78, 5) is 33.3. The number of ether oxygens (including phenoxy) is 1. The predicted octanol–water partition coefficient (Wildman–Crippen LogP) is 7.90. The number of fused-ring (bicyclic) bond motifs is 5. The van der Waals surface area contributed by atoms with Crippen LogP contribution in [0.4, 0.5) is 21.6 Å². The summed E-state index contributed by atoms with van der Waals surface area (Å²) >= 11 is 1.62. The molecule has 4 aliphatic rings. The highest BCUT2D eigenvalue weighted by molar-refractivity contribution is 7.19. The molecule has 3 aromatic heterocycles. The van der Waals surface area contributed by atoms with Gasteiger partial charge in [0.15, 0.2) is 6.23 Å². The van der Waals surface area contributed by atoms with Crippen molar-refractivity contribution in [3.63, 3.8) is 0 Å². The highest BCUT2D eigenvalue weighted by Gasteiger charge is 2.45. The van der Waals surface area contributed by atoms with Gasteiger partial charge >= 0.3 is 0 Å². The Morgan fingerprint density at radius 1 is 0.962 bits per heavy atom. The number of aryl methyl sites for hydroxylation is 2. The number of aromatic nitrogens is 3. The number of benzene rings is 3. The smallest absolute Gasteiger partial charge is 0.259 e. The van der Waals surface area contributed by atoms with Gasteiger partial charge in [-0.2, -0.15) is 0 Å². The zero-order chi connectivity index (χ0) is 35.7. The summed E-state index contributed by atoms with van der Waals surface area (Å²) in [6.07, 6.45) is 4.68. The topological polar surface area (TPSA) is 107 Å². The van der Waals surface area contributed by atoms with Crippen LogP contribution in [0.5, 0.6) is 0 Å². The van der Waals surface area contributed by atoms with Crippen molar-refractivity contribution in [2.45, 2.75) is 44.8 Å². The first-order valence-corrected chi connectivity index (χ1v) is 19.3. The fraction of sp³-hybridized carbons (Fsp3) is 0.310. The molecule has 0 saturated carbocycles. The number of carbonyl (C=O) groups is 1. The first-order valence-electron chi connectivity index (χ1n) is 18.5. The number of nitrogens with zero attached hydrogens (tertiary/aromatic N) is 4. The monoisotopic (exact) mass is 726 g/mol. The van der Waals surface area contributed by atoms with Crippen molar-refractivity contribution in [2.24, 2.45) is 5.41 Å². The lowest BCUT2D eigenvalue weighted by molar-refractivity contribution is -0.000519. The molecule has 2 fully saturated rings. The minimum absolute atomic E-state index is 0.187. The molecule has 2 saturated heterocycles. The van der Waals surface area contributed by atoms with Crippen molar-refractivity contribution in [3.8, 4) is 21.1 Å². The van der Waals surface area contributed by atoms with E-state index in [2.05, 4.69) is 21.3 Å². The Morgan fingerprint density at radius 2 is 1.79 bits per heavy atom. The second-order valence-electron chi connectivity index (χ2n) is 14.9. The quantitative estimate of drug-likeness (QED) is 0.160. The van der Waals surface area contributed by atoms with Crippen molar-refractivity contribution in [1.29, 1.82) is 0 Å². The van der Waals surface area contributed by atoms with Crippen LogP contribution in [0.3, 0.4) is 0 Å². The lowest BCUT2D eigenvalue weighted by Crippen LogP contribution is -2.59. The number of carbonyl (C=O) groups excluding carboxylic acids is 1. The van der Waals surface area contributed by atoms with Gasteiger partial charge in [-0.15, -0.1) is 11.3 Å². The van der Waals surface area contributed by atoms with Gasteiger partial charge < -0.3 is 29.9 Å². The number of amides is 1. The minimum Gasteiger partial charge on any atom is -0.381 e. The summed E-state index contributed by atoms with van der Waals surface area (Å²) in [6.45, 7) is 3.87. The third-order valence-electron chi connectivity index (χ3n) is 11.5. The molecule has 10 rings (SSSR count). The Bertz CT molecular complexity index is 2340. The summed E-state index contributed by atoms with van der Waals surface area (Å²) in [6, 6.07) is 24.2. The van der Waals surface area contributed by atoms with E-state index in [0.29, 0.717) is 35.5 Å². The molecular formula is C42H39FN6O3S. The number of thiophene rings is 1. The second kappa shape index (κ2) is 12.8. The minimum atomic E-state index is -1.03. The van der Waals surface area contributed by atoms with Crippen LogP contribution in [0.25, 0.3) is 32.2 Å². The number of H-pyrrole nitrogens is 1. The summed E-state index contributed by atoms with van der Waals surface area (Å²) < 4.78 is 20.5. The van der Waals surface area contributed by atoms with Crippen molar-refractivity contribution < 1.29 is 19.0 Å². The molecule has 1 spiro atoms. The zero-order valence-electron chi connectivity index (χ0n) is 29.2. The standard InChI is InChI=1S/C42H39FN6O3S/c43-28-10-13-30-35(22-28)49(17-14-27-21-36(53-37(27)30)38-45-33-5-1-2-6-34(33)46-38)41(51)25-8-11-29(12-9-25)44-40(50)31-20-26-4-3-7-32(26)47-39(31)48-23-42(24-48)15-18-52-19-16-42/h1-2,5-6,8-13,20-22,41,51H,3-4,7,14-19,23-24H2,(H,44,50)(H,45,46). The highest BCUT2D eigenvalue weighted by Crippen LogP contribution is 2.46. The van der Waals surface area contributed by atoms with E-state index in [1.165, 1.54) is 12.1 Å². The number of aliphatic hydroxyl groups excluding tert-OH is 1. The average Bonchev–Trinajstić information content (AvgIpc) is 3.91. The Hall–Kier alpha value is -5.10. The first kappa shape index (κ1) is 32.5. The molecular weight excluding hydrogens is 688 g/mol. The molecule has 1 unspecified atom stereocenters. The summed E-state index contributed by atoms with van der Waals surface area (Å²) in [5, 5.41) is 14.9. The summed E-state index contributed by atoms with van der Waals surface area (Å²) in [7, 11) is 0. The number of aliphatic hydroxyl groups is 1. The van der Waals surface area contributed by atoms with Crippen LogP contribution in [0.2, 0.25) is 0 Å². The van der Waals surface area contributed by atoms with Gasteiger partial charge in [0.1, 0.15) is 17.5 Å². The van der Waals surface area contributed by atoms with E-state index in [4.69, 9.17) is 14.7 Å². The molecule has 3 aliphatic heterocycles. The van der Waals surface area contributed by atoms with E-state index in [-0.39, 0.29) is 17.1 Å². The normalized spacial score (nSPS) is 17.9. The van der Waals surface area contributed by atoms with Crippen LogP contribution >= 0.6 is 11.3 Å². The van der Waals surface area contributed by atoms with Gasteiger partial charge in [-0.25, -0.2) is 14.4 Å². The lowest BCUT2D eigenvalue weighted by atomic mass is 9.73. The van der Waals surface area contributed by atoms with Gasteiger partial charge in [-0.1, -0.05) is 24.3 Å². The maximum absolute atomic E-state index is 14.8. The number of imidazole rings is 1. The molecule has 1 atom stereocenters. The van der Waals surface area contributed by atoms with Gasteiger partial charge in [0, 0.05) is 65.6 Å². The van der Waals surface area contributed by atoms with E-state index in [9.17, 15) is 14.3 Å². The SMILES string of the molecule is O=C(Nc1ccc(C(O)N2CCc3cc(-c4nc5ccccc5[nH]4)sc3-c3ccc(F)cc32)cc1)c1cc2c(nc1N1CC3(CCOCC3)C1)CCC2. The fourth-order valence-electron chi connectivity index (χ4n) is 8.60. The molecule has 3 N–H and O–H groups in total. The lowest BCUT2D eigenvalue weighted by Gasteiger charge is -2.53. The molecule has 9 nitrogen and oxygen atoms in total.